The fraction of sp³-hybridized carbons (Fsp3) is 0.357. The molecule has 2 aromatic rings. The zero-order valence-electron chi connectivity index (χ0n) is 11.1. The number of thiophene rings is 1. The second-order valence-electron chi connectivity index (χ2n) is 4.44. The average molecular weight is 261 g/mol. The molecule has 2 heterocycles. The van der Waals surface area contributed by atoms with Gasteiger partial charge in [0, 0.05) is 30.2 Å². The molecule has 1 atom stereocenters. The molecule has 3 nitrogen and oxygen atoms in total. The molecule has 18 heavy (non-hydrogen) atoms. The molecule has 0 aromatic carbocycles. The summed E-state index contributed by atoms with van der Waals surface area (Å²) in [4.78, 5) is 8.02. The SMILES string of the molecule is Cc1ccnc(N(C)C(C)c2cccs2)c1CN. The smallest absolute Gasteiger partial charge is 0.133 e. The van der Waals surface area contributed by atoms with Crippen LogP contribution in [-0.2, 0) is 6.54 Å². The first-order chi connectivity index (χ1) is 8.65. The Morgan fingerprint density at radius 2 is 2.22 bits per heavy atom. The molecule has 0 bridgehead atoms. The standard InChI is InChI=1S/C14H19N3S/c1-10-6-7-16-14(12(10)9-15)17(3)11(2)13-5-4-8-18-13/h4-8,11H,9,15H2,1-3H3. The fourth-order valence-corrected chi connectivity index (χ4v) is 2.86. The van der Waals surface area contributed by atoms with Crippen LogP contribution in [0.1, 0.15) is 29.0 Å². The predicted octanol–water partition coefficient (Wildman–Crippen LogP) is 3.11. The van der Waals surface area contributed by atoms with E-state index in [1.807, 2.05) is 12.3 Å². The normalized spacial score (nSPS) is 12.4. The van der Waals surface area contributed by atoms with E-state index in [1.165, 1.54) is 10.4 Å². The molecule has 2 rings (SSSR count). The van der Waals surface area contributed by atoms with Crippen LogP contribution in [0.15, 0.2) is 29.8 Å². The Balaban J connectivity index is 2.34. The summed E-state index contributed by atoms with van der Waals surface area (Å²) >= 11 is 1.77. The highest BCUT2D eigenvalue weighted by molar-refractivity contribution is 7.10. The lowest BCUT2D eigenvalue weighted by molar-refractivity contribution is 0.734. The minimum absolute atomic E-state index is 0.310. The van der Waals surface area contributed by atoms with Gasteiger partial charge < -0.3 is 10.6 Å². The fourth-order valence-electron chi connectivity index (χ4n) is 2.03. The van der Waals surface area contributed by atoms with Gasteiger partial charge in [0.05, 0.1) is 6.04 Å². The summed E-state index contributed by atoms with van der Waals surface area (Å²) in [6.45, 7) is 4.80. The number of hydrogen-bond acceptors (Lipinski definition) is 4. The van der Waals surface area contributed by atoms with Gasteiger partial charge in [0.15, 0.2) is 0 Å². The molecule has 0 aliphatic heterocycles. The molecule has 0 aliphatic rings. The molecule has 0 spiro atoms. The van der Waals surface area contributed by atoms with Crippen molar-refractivity contribution in [2.75, 3.05) is 11.9 Å². The van der Waals surface area contributed by atoms with Gasteiger partial charge in [0.1, 0.15) is 5.82 Å². The van der Waals surface area contributed by atoms with E-state index >= 15 is 0 Å². The quantitative estimate of drug-likeness (QED) is 0.919. The minimum Gasteiger partial charge on any atom is -0.352 e. The molecule has 0 radical (unpaired) electrons. The number of aryl methyl sites for hydroxylation is 1. The Hall–Kier alpha value is -1.39. The number of anilines is 1. The van der Waals surface area contributed by atoms with Crippen molar-refractivity contribution < 1.29 is 0 Å². The van der Waals surface area contributed by atoms with Gasteiger partial charge in [-0.3, -0.25) is 0 Å². The zero-order chi connectivity index (χ0) is 13.1. The molecule has 0 aliphatic carbocycles. The van der Waals surface area contributed by atoms with Crippen LogP contribution in [0.2, 0.25) is 0 Å². The first kappa shape index (κ1) is 13.1. The molecule has 1 unspecified atom stereocenters. The summed E-state index contributed by atoms with van der Waals surface area (Å²) in [6, 6.07) is 6.56. The Kier molecular flexibility index (Phi) is 3.99. The van der Waals surface area contributed by atoms with Crippen LogP contribution >= 0.6 is 11.3 Å². The Labute approximate surface area is 112 Å². The van der Waals surface area contributed by atoms with Gasteiger partial charge in [-0.2, -0.15) is 0 Å². The van der Waals surface area contributed by atoms with Gasteiger partial charge in [-0.25, -0.2) is 4.98 Å². The minimum atomic E-state index is 0.310. The third kappa shape index (κ3) is 2.40. The number of pyridine rings is 1. The second kappa shape index (κ2) is 5.50. The van der Waals surface area contributed by atoms with Gasteiger partial charge in [0.25, 0.3) is 0 Å². The monoisotopic (exact) mass is 261 g/mol. The first-order valence-electron chi connectivity index (χ1n) is 6.06. The van der Waals surface area contributed by atoms with Gasteiger partial charge >= 0.3 is 0 Å². The van der Waals surface area contributed by atoms with Crippen LogP contribution in [0, 0.1) is 6.92 Å². The number of nitrogens with zero attached hydrogens (tertiary/aromatic N) is 2. The highest BCUT2D eigenvalue weighted by Crippen LogP contribution is 2.29. The van der Waals surface area contributed by atoms with Crippen LogP contribution in [-0.4, -0.2) is 12.0 Å². The number of nitrogens with two attached hydrogens (primary N) is 1. The average Bonchev–Trinajstić information content (AvgIpc) is 2.90. The van der Waals surface area contributed by atoms with Gasteiger partial charge in [-0.1, -0.05) is 6.07 Å². The third-order valence-electron chi connectivity index (χ3n) is 3.34. The van der Waals surface area contributed by atoms with Crippen LogP contribution in [0.4, 0.5) is 5.82 Å². The Morgan fingerprint density at radius 3 is 2.83 bits per heavy atom. The molecule has 2 N–H and O–H groups in total. The molecule has 96 valence electrons. The molecule has 4 heteroatoms. The van der Waals surface area contributed by atoms with Crippen LogP contribution in [0.25, 0.3) is 0 Å². The van der Waals surface area contributed by atoms with Gasteiger partial charge in [0.2, 0.25) is 0 Å². The van der Waals surface area contributed by atoms with Crippen molar-refractivity contribution in [3.8, 4) is 0 Å². The number of aromatic nitrogens is 1. The van der Waals surface area contributed by atoms with Crippen molar-refractivity contribution in [2.24, 2.45) is 5.73 Å². The van der Waals surface area contributed by atoms with Crippen LogP contribution in [0.5, 0.6) is 0 Å². The van der Waals surface area contributed by atoms with Crippen molar-refractivity contribution in [2.45, 2.75) is 26.4 Å². The molecule has 0 saturated carbocycles. The molecular weight excluding hydrogens is 242 g/mol. The lowest BCUT2D eigenvalue weighted by Gasteiger charge is -2.27. The van der Waals surface area contributed by atoms with Gasteiger partial charge in [-0.05, 0) is 36.9 Å². The van der Waals surface area contributed by atoms with E-state index in [9.17, 15) is 0 Å². The van der Waals surface area contributed by atoms with Crippen molar-refractivity contribution in [3.05, 3.63) is 45.8 Å². The third-order valence-corrected chi connectivity index (χ3v) is 4.38. The predicted molar refractivity (Wildman–Crippen MR) is 78.0 cm³/mol. The van der Waals surface area contributed by atoms with E-state index in [4.69, 9.17) is 5.73 Å². The van der Waals surface area contributed by atoms with E-state index < -0.39 is 0 Å². The maximum atomic E-state index is 5.84. The van der Waals surface area contributed by atoms with Crippen LogP contribution < -0.4 is 10.6 Å². The Morgan fingerprint density at radius 1 is 1.44 bits per heavy atom. The molecule has 0 saturated heterocycles. The van der Waals surface area contributed by atoms with Crippen molar-refractivity contribution in [3.63, 3.8) is 0 Å². The summed E-state index contributed by atoms with van der Waals surface area (Å²) in [6.07, 6.45) is 1.85. The summed E-state index contributed by atoms with van der Waals surface area (Å²) in [5.74, 6) is 0.985. The summed E-state index contributed by atoms with van der Waals surface area (Å²) < 4.78 is 0. The maximum Gasteiger partial charge on any atom is 0.133 e. The lowest BCUT2D eigenvalue weighted by atomic mass is 10.1. The largest absolute Gasteiger partial charge is 0.352 e. The van der Waals surface area contributed by atoms with E-state index in [0.29, 0.717) is 12.6 Å². The molecule has 2 aromatic heterocycles. The summed E-state index contributed by atoms with van der Waals surface area (Å²) in [5.41, 5.74) is 8.17. The van der Waals surface area contributed by atoms with E-state index in [0.717, 1.165) is 11.4 Å². The maximum absolute atomic E-state index is 5.84. The summed E-state index contributed by atoms with van der Waals surface area (Å²) in [5, 5.41) is 2.10. The topological polar surface area (TPSA) is 42.2 Å². The lowest BCUT2D eigenvalue weighted by Crippen LogP contribution is -2.24. The molecule has 0 amide bonds. The molecular formula is C14H19N3S. The Bertz CT molecular complexity index is 508. The van der Waals surface area contributed by atoms with Crippen molar-refractivity contribution in [1.29, 1.82) is 0 Å². The second-order valence-corrected chi connectivity index (χ2v) is 5.42. The van der Waals surface area contributed by atoms with Gasteiger partial charge in [-0.15, -0.1) is 11.3 Å². The van der Waals surface area contributed by atoms with Crippen LogP contribution in [0.3, 0.4) is 0 Å². The highest BCUT2D eigenvalue weighted by Gasteiger charge is 2.17. The zero-order valence-corrected chi connectivity index (χ0v) is 11.9. The summed E-state index contributed by atoms with van der Waals surface area (Å²) in [7, 11) is 2.07. The van der Waals surface area contributed by atoms with E-state index in [2.05, 4.69) is 48.3 Å². The number of hydrogen-bond donors (Lipinski definition) is 1. The van der Waals surface area contributed by atoms with Crippen molar-refractivity contribution in [1.82, 2.24) is 4.98 Å². The van der Waals surface area contributed by atoms with E-state index in [-0.39, 0.29) is 0 Å². The first-order valence-corrected chi connectivity index (χ1v) is 6.94. The highest BCUT2D eigenvalue weighted by atomic mass is 32.1. The molecule has 0 fully saturated rings. The van der Waals surface area contributed by atoms with E-state index in [1.54, 1.807) is 11.3 Å². The van der Waals surface area contributed by atoms with Crippen molar-refractivity contribution >= 4 is 17.2 Å². The number of rotatable bonds is 4.